The van der Waals surface area contributed by atoms with Crippen molar-refractivity contribution in [3.8, 4) is 22.3 Å². The van der Waals surface area contributed by atoms with E-state index in [9.17, 15) is 4.79 Å². The highest BCUT2D eigenvalue weighted by Crippen LogP contribution is 2.55. The molecule has 1 N–H and O–H groups in total. The van der Waals surface area contributed by atoms with E-state index in [1.807, 2.05) is 31.9 Å². The van der Waals surface area contributed by atoms with Gasteiger partial charge < -0.3 is 9.72 Å². The highest BCUT2D eigenvalue weighted by Gasteiger charge is 2.43. The standard InChI is InChI=1S/C44H50N4O2/c1-43(2,3)50-42(49)48-24-8-11-39(48)38-26-32(27-45-38)28-12-14-29(15-13-28)34-18-17-33(35-20-23-44(40(34)35)21-6-7-22-44)31-16-19-36-37(25-31)47-41(46-36)30-9-4-5-10-30/h12-19,25,27,30,39H,4-11,20-24,26H2,1-3H3,(H,46,47). The summed E-state index contributed by atoms with van der Waals surface area (Å²) < 4.78 is 5.72. The monoisotopic (exact) mass is 666 g/mol. The van der Waals surface area contributed by atoms with E-state index in [1.54, 1.807) is 11.1 Å². The van der Waals surface area contributed by atoms with E-state index < -0.39 is 5.60 Å². The van der Waals surface area contributed by atoms with Crippen molar-refractivity contribution in [3.63, 3.8) is 0 Å². The van der Waals surface area contributed by atoms with Crippen LogP contribution in [0, 0.1) is 0 Å². The van der Waals surface area contributed by atoms with Crippen LogP contribution in [-0.4, -0.2) is 44.9 Å². The Morgan fingerprint density at radius 2 is 1.60 bits per heavy atom. The zero-order valence-electron chi connectivity index (χ0n) is 30.0. The third kappa shape index (κ3) is 5.59. The molecule has 0 radical (unpaired) electrons. The minimum atomic E-state index is -0.502. The molecule has 3 fully saturated rings. The molecule has 3 aromatic carbocycles. The first-order valence-electron chi connectivity index (χ1n) is 19.3. The molecule has 2 aliphatic heterocycles. The number of aromatic amines is 1. The zero-order chi connectivity index (χ0) is 34.0. The summed E-state index contributed by atoms with van der Waals surface area (Å²) in [6.45, 7) is 6.51. The molecule has 258 valence electrons. The fourth-order valence-corrected chi connectivity index (χ4v) is 10.00. The number of nitrogens with one attached hydrogen (secondary N) is 1. The average molecular weight is 667 g/mol. The summed E-state index contributed by atoms with van der Waals surface area (Å²) in [7, 11) is 0. The molecular formula is C44H50N4O2. The predicted molar refractivity (Wildman–Crippen MR) is 203 cm³/mol. The van der Waals surface area contributed by atoms with E-state index in [-0.39, 0.29) is 12.1 Å². The van der Waals surface area contributed by atoms with E-state index in [0.29, 0.717) is 11.3 Å². The maximum absolute atomic E-state index is 13.0. The summed E-state index contributed by atoms with van der Waals surface area (Å²) in [5, 5.41) is 0. The lowest BCUT2D eigenvalue weighted by Crippen LogP contribution is -2.43. The summed E-state index contributed by atoms with van der Waals surface area (Å²) >= 11 is 0. The number of hydrogen-bond donors (Lipinski definition) is 1. The molecule has 1 aromatic heterocycles. The molecule has 6 heteroatoms. The lowest BCUT2D eigenvalue weighted by molar-refractivity contribution is 0.0265. The number of likely N-dealkylation sites (tertiary alicyclic amines) is 1. The normalized spacial score (nSPS) is 21.7. The number of allylic oxidation sites excluding steroid dienone is 1. The van der Waals surface area contributed by atoms with Crippen molar-refractivity contribution in [2.24, 2.45) is 4.99 Å². The van der Waals surface area contributed by atoms with E-state index >= 15 is 0 Å². The van der Waals surface area contributed by atoms with Gasteiger partial charge in [-0.1, -0.05) is 68.1 Å². The second-order valence-corrected chi connectivity index (χ2v) is 16.7. The topological polar surface area (TPSA) is 70.6 Å². The zero-order valence-corrected chi connectivity index (χ0v) is 30.0. The SMILES string of the molecule is CC(C)(C)OC(=O)N1CCCC1C1=NC=C(c2ccc(-c3ccc(-c4ccc5nc(C6CCCC6)[nH]c5c4)c4c3C3(CCCC3)CC4)cc2)C1. The third-order valence-electron chi connectivity index (χ3n) is 12.4. The number of aromatic nitrogens is 2. The van der Waals surface area contributed by atoms with Crippen LogP contribution < -0.4 is 0 Å². The van der Waals surface area contributed by atoms with Gasteiger partial charge in [-0.3, -0.25) is 9.89 Å². The summed E-state index contributed by atoms with van der Waals surface area (Å²) in [5.41, 5.74) is 14.2. The van der Waals surface area contributed by atoms with Crippen molar-refractivity contribution in [3.05, 3.63) is 83.3 Å². The number of carbonyl (C=O) groups is 1. The Labute approximate surface area is 296 Å². The Kier molecular flexibility index (Phi) is 7.78. The van der Waals surface area contributed by atoms with Crippen molar-refractivity contribution >= 4 is 28.4 Å². The summed E-state index contributed by atoms with van der Waals surface area (Å²) in [6, 6.07) is 20.9. The van der Waals surface area contributed by atoms with Crippen molar-refractivity contribution in [1.82, 2.24) is 14.9 Å². The van der Waals surface area contributed by atoms with Crippen molar-refractivity contribution in [2.75, 3.05) is 6.54 Å². The lowest BCUT2D eigenvalue weighted by Gasteiger charge is -2.29. The number of rotatable bonds is 5. The first kappa shape index (κ1) is 31.8. The molecule has 1 amide bonds. The number of aliphatic imine (C=N–C) groups is 1. The van der Waals surface area contributed by atoms with Gasteiger partial charge in [-0.05, 0) is 134 Å². The number of imidazole rings is 1. The van der Waals surface area contributed by atoms with E-state index in [4.69, 9.17) is 14.7 Å². The Morgan fingerprint density at radius 1 is 0.860 bits per heavy atom. The van der Waals surface area contributed by atoms with Crippen LogP contribution in [0.5, 0.6) is 0 Å². The number of H-pyrrole nitrogens is 1. The molecule has 0 bridgehead atoms. The Morgan fingerprint density at radius 3 is 2.38 bits per heavy atom. The van der Waals surface area contributed by atoms with Gasteiger partial charge in [0.05, 0.1) is 17.1 Å². The second-order valence-electron chi connectivity index (χ2n) is 16.7. The van der Waals surface area contributed by atoms with Crippen LogP contribution in [0.3, 0.4) is 0 Å². The molecular weight excluding hydrogens is 617 g/mol. The van der Waals surface area contributed by atoms with Crippen LogP contribution in [0.25, 0.3) is 38.9 Å². The minimum absolute atomic E-state index is 0.0184. The van der Waals surface area contributed by atoms with Crippen molar-refractivity contribution in [2.45, 2.75) is 127 Å². The molecule has 1 atom stereocenters. The Hall–Kier alpha value is -4.19. The molecule has 1 spiro atoms. The average Bonchev–Trinajstić information content (AvgIpc) is 3.96. The molecule has 1 unspecified atom stereocenters. The number of amides is 1. The molecule has 5 aliphatic rings. The smallest absolute Gasteiger partial charge is 0.410 e. The molecule has 3 heterocycles. The van der Waals surface area contributed by atoms with Gasteiger partial charge >= 0.3 is 6.09 Å². The van der Waals surface area contributed by atoms with Crippen LogP contribution in [0.1, 0.15) is 126 Å². The van der Waals surface area contributed by atoms with Crippen LogP contribution in [0.2, 0.25) is 0 Å². The number of fused-ring (bicyclic) bond motifs is 3. The molecule has 4 aromatic rings. The summed E-state index contributed by atoms with van der Waals surface area (Å²) in [4.78, 5) is 28.4. The molecule has 2 saturated carbocycles. The van der Waals surface area contributed by atoms with Crippen LogP contribution in [0.4, 0.5) is 4.79 Å². The number of hydrogen-bond acceptors (Lipinski definition) is 4. The van der Waals surface area contributed by atoms with Crippen molar-refractivity contribution < 1.29 is 9.53 Å². The molecule has 1 saturated heterocycles. The molecule has 3 aliphatic carbocycles. The van der Waals surface area contributed by atoms with Gasteiger partial charge in [-0.25, -0.2) is 9.78 Å². The largest absolute Gasteiger partial charge is 0.444 e. The second kappa shape index (κ2) is 12.2. The Bertz CT molecular complexity index is 2020. The van der Waals surface area contributed by atoms with Gasteiger partial charge in [-0.2, -0.15) is 0 Å². The van der Waals surface area contributed by atoms with Gasteiger partial charge in [0.25, 0.3) is 0 Å². The quantitative estimate of drug-likeness (QED) is 0.230. The van der Waals surface area contributed by atoms with Gasteiger partial charge in [0.15, 0.2) is 0 Å². The van der Waals surface area contributed by atoms with Gasteiger partial charge in [0.2, 0.25) is 0 Å². The fraction of sp³-hybridized carbons (Fsp3) is 0.477. The predicted octanol–water partition coefficient (Wildman–Crippen LogP) is 10.9. The molecule has 9 rings (SSSR count). The number of ether oxygens (including phenoxy) is 1. The first-order valence-corrected chi connectivity index (χ1v) is 19.3. The fourth-order valence-electron chi connectivity index (χ4n) is 10.00. The third-order valence-corrected chi connectivity index (χ3v) is 12.4. The van der Waals surface area contributed by atoms with E-state index in [0.717, 1.165) is 43.5 Å². The van der Waals surface area contributed by atoms with Crippen LogP contribution in [-0.2, 0) is 16.6 Å². The Balaban J connectivity index is 0.985. The maximum atomic E-state index is 13.0. The lowest BCUT2D eigenvalue weighted by atomic mass is 9.76. The van der Waals surface area contributed by atoms with Crippen LogP contribution in [0.15, 0.2) is 65.8 Å². The molecule has 6 nitrogen and oxygen atoms in total. The summed E-state index contributed by atoms with van der Waals surface area (Å²) in [5.74, 6) is 1.77. The number of benzene rings is 3. The first-order chi connectivity index (χ1) is 24.2. The van der Waals surface area contributed by atoms with E-state index in [1.165, 1.54) is 103 Å². The highest BCUT2D eigenvalue weighted by atomic mass is 16.6. The minimum Gasteiger partial charge on any atom is -0.444 e. The van der Waals surface area contributed by atoms with Gasteiger partial charge in [0, 0.05) is 30.8 Å². The molecule has 50 heavy (non-hydrogen) atoms. The van der Waals surface area contributed by atoms with Gasteiger partial charge in [-0.15, -0.1) is 0 Å². The van der Waals surface area contributed by atoms with Gasteiger partial charge in [0.1, 0.15) is 11.4 Å². The summed E-state index contributed by atoms with van der Waals surface area (Å²) in [6.07, 6.45) is 17.3. The highest BCUT2D eigenvalue weighted by molar-refractivity contribution is 6.03. The number of carbonyl (C=O) groups excluding carboxylic acids is 1. The maximum Gasteiger partial charge on any atom is 0.410 e. The van der Waals surface area contributed by atoms with Crippen molar-refractivity contribution in [1.29, 1.82) is 0 Å². The van der Waals surface area contributed by atoms with Crippen LogP contribution >= 0.6 is 0 Å². The number of nitrogens with zero attached hydrogens (tertiary/aromatic N) is 3. The van der Waals surface area contributed by atoms with E-state index in [2.05, 4.69) is 59.6 Å².